The second-order valence-electron chi connectivity index (χ2n) is 15.2. The molecule has 0 aromatic heterocycles. The van der Waals surface area contributed by atoms with Crippen molar-refractivity contribution in [1.82, 2.24) is 0 Å². The highest BCUT2D eigenvalue weighted by molar-refractivity contribution is 6.29. The Kier molecular flexibility index (Phi) is 6.40. The Balaban J connectivity index is 1.08. The predicted molar refractivity (Wildman–Crippen MR) is 228 cm³/mol. The Morgan fingerprint density at radius 1 is 0.283 bits per heavy atom. The molecule has 0 radical (unpaired) electrons. The Bertz CT molecular complexity index is 3120. The average molecular weight is 673 g/mol. The first kappa shape index (κ1) is 30.2. The van der Waals surface area contributed by atoms with Gasteiger partial charge in [0.15, 0.2) is 0 Å². The summed E-state index contributed by atoms with van der Waals surface area (Å²) in [6, 6.07) is 67.9. The minimum Gasteiger partial charge on any atom is -0.0622 e. The van der Waals surface area contributed by atoms with Crippen LogP contribution in [0.2, 0.25) is 0 Å². The molecule has 10 aromatic rings. The van der Waals surface area contributed by atoms with Gasteiger partial charge in [0.05, 0.1) is 0 Å². The van der Waals surface area contributed by atoms with Crippen LogP contribution in [0.25, 0.3) is 98.4 Å². The van der Waals surface area contributed by atoms with E-state index < -0.39 is 0 Å². The van der Waals surface area contributed by atoms with Crippen LogP contribution in [0.4, 0.5) is 0 Å². The zero-order valence-corrected chi connectivity index (χ0v) is 29.8. The monoisotopic (exact) mass is 672 g/mol. The molecular formula is C53H36. The second kappa shape index (κ2) is 11.2. The van der Waals surface area contributed by atoms with Gasteiger partial charge in [0.2, 0.25) is 0 Å². The van der Waals surface area contributed by atoms with Gasteiger partial charge >= 0.3 is 0 Å². The van der Waals surface area contributed by atoms with Crippen molar-refractivity contribution in [3.63, 3.8) is 0 Å². The fourth-order valence-electron chi connectivity index (χ4n) is 9.43. The Morgan fingerprint density at radius 3 is 1.58 bits per heavy atom. The van der Waals surface area contributed by atoms with Crippen LogP contribution in [0.15, 0.2) is 182 Å². The largest absolute Gasteiger partial charge is 0.0622 e. The number of fused-ring (bicyclic) bond motifs is 11. The maximum atomic E-state index is 2.46. The van der Waals surface area contributed by atoms with Crippen molar-refractivity contribution in [3.05, 3.63) is 193 Å². The van der Waals surface area contributed by atoms with Crippen LogP contribution in [0.3, 0.4) is 0 Å². The Labute approximate surface area is 309 Å². The van der Waals surface area contributed by atoms with Gasteiger partial charge in [-0.1, -0.05) is 178 Å². The standard InChI is InChI=1S/C53H36/c1-53(2)49-31-36(33-12-4-3-5-13-33)26-28-45(49)46-29-27-37(32-50(46)53)39-18-10-20-42-41(39)19-11-21-43(42)48-30-38-25-24-35-23-22-34-14-6-7-15-40(34)51(35)52(38)47-17-9-8-16-44(47)48/h3-32H,1-2H3. The summed E-state index contributed by atoms with van der Waals surface area (Å²) in [7, 11) is 0. The number of hydrogen-bond donors (Lipinski definition) is 0. The van der Waals surface area contributed by atoms with Gasteiger partial charge in [-0.3, -0.25) is 0 Å². The van der Waals surface area contributed by atoms with Gasteiger partial charge in [0.25, 0.3) is 0 Å². The summed E-state index contributed by atoms with van der Waals surface area (Å²) in [5, 5.41) is 12.9. The summed E-state index contributed by atoms with van der Waals surface area (Å²) in [4.78, 5) is 0. The third kappa shape index (κ3) is 4.42. The molecule has 11 rings (SSSR count). The van der Waals surface area contributed by atoms with Gasteiger partial charge in [0, 0.05) is 5.41 Å². The molecule has 0 heteroatoms. The summed E-state index contributed by atoms with van der Waals surface area (Å²) in [6.07, 6.45) is 0. The lowest BCUT2D eigenvalue weighted by atomic mass is 9.80. The molecule has 248 valence electrons. The molecule has 0 fully saturated rings. The molecule has 0 spiro atoms. The molecular weight excluding hydrogens is 637 g/mol. The highest BCUT2D eigenvalue weighted by Crippen LogP contribution is 2.51. The van der Waals surface area contributed by atoms with Crippen LogP contribution in [-0.4, -0.2) is 0 Å². The molecule has 0 saturated heterocycles. The van der Waals surface area contributed by atoms with Crippen molar-refractivity contribution in [3.8, 4) is 44.5 Å². The topological polar surface area (TPSA) is 0 Å². The van der Waals surface area contributed by atoms with Gasteiger partial charge in [0.1, 0.15) is 0 Å². The van der Waals surface area contributed by atoms with Crippen LogP contribution in [0.5, 0.6) is 0 Å². The Morgan fingerprint density at radius 2 is 0.811 bits per heavy atom. The van der Waals surface area contributed by atoms with Crippen LogP contribution >= 0.6 is 0 Å². The van der Waals surface area contributed by atoms with Crippen molar-refractivity contribution in [2.24, 2.45) is 0 Å². The SMILES string of the molecule is CC1(C)c2cc(-c3ccccc3)ccc2-c2ccc(-c3cccc4c(-c5cc6ccc7ccc8ccccc8c7c6c6ccccc56)cccc34)cc21. The minimum absolute atomic E-state index is 0.110. The lowest BCUT2D eigenvalue weighted by Crippen LogP contribution is -2.15. The highest BCUT2D eigenvalue weighted by Gasteiger charge is 2.36. The predicted octanol–water partition coefficient (Wildman–Crippen LogP) is 14.8. The van der Waals surface area contributed by atoms with E-state index in [1.807, 2.05) is 0 Å². The van der Waals surface area contributed by atoms with E-state index in [9.17, 15) is 0 Å². The average Bonchev–Trinajstić information content (AvgIpc) is 3.44. The number of benzene rings is 10. The molecule has 0 aliphatic heterocycles. The zero-order chi connectivity index (χ0) is 35.3. The quantitative estimate of drug-likeness (QED) is 0.164. The van der Waals surface area contributed by atoms with Crippen LogP contribution in [0, 0.1) is 0 Å². The van der Waals surface area contributed by atoms with E-state index in [4.69, 9.17) is 0 Å². The van der Waals surface area contributed by atoms with E-state index in [2.05, 4.69) is 196 Å². The molecule has 1 aliphatic carbocycles. The zero-order valence-electron chi connectivity index (χ0n) is 29.8. The fraction of sp³-hybridized carbons (Fsp3) is 0.0566. The molecule has 0 amide bonds. The molecule has 0 atom stereocenters. The molecule has 0 saturated carbocycles. The summed E-state index contributed by atoms with van der Waals surface area (Å²) in [6.45, 7) is 4.77. The van der Waals surface area contributed by atoms with Crippen LogP contribution in [0.1, 0.15) is 25.0 Å². The lowest BCUT2D eigenvalue weighted by molar-refractivity contribution is 0.661. The molecule has 1 aliphatic rings. The van der Waals surface area contributed by atoms with Gasteiger partial charge in [-0.15, -0.1) is 0 Å². The first-order chi connectivity index (χ1) is 26.0. The van der Waals surface area contributed by atoms with E-state index in [0.29, 0.717) is 0 Å². The van der Waals surface area contributed by atoms with Crippen molar-refractivity contribution in [2.75, 3.05) is 0 Å². The second-order valence-corrected chi connectivity index (χ2v) is 15.2. The molecule has 53 heavy (non-hydrogen) atoms. The van der Waals surface area contributed by atoms with Crippen LogP contribution < -0.4 is 0 Å². The fourth-order valence-corrected chi connectivity index (χ4v) is 9.43. The van der Waals surface area contributed by atoms with Gasteiger partial charge in [-0.25, -0.2) is 0 Å². The van der Waals surface area contributed by atoms with E-state index in [-0.39, 0.29) is 5.41 Å². The van der Waals surface area contributed by atoms with Crippen LogP contribution in [-0.2, 0) is 5.41 Å². The molecule has 0 N–H and O–H groups in total. The van der Waals surface area contributed by atoms with Gasteiger partial charge in [-0.2, -0.15) is 0 Å². The molecule has 10 aromatic carbocycles. The van der Waals surface area contributed by atoms with Crippen molar-refractivity contribution in [1.29, 1.82) is 0 Å². The van der Waals surface area contributed by atoms with E-state index in [0.717, 1.165) is 0 Å². The molecule has 0 unspecified atom stereocenters. The molecule has 0 bridgehead atoms. The van der Waals surface area contributed by atoms with Gasteiger partial charge < -0.3 is 0 Å². The van der Waals surface area contributed by atoms with Crippen molar-refractivity contribution < 1.29 is 0 Å². The van der Waals surface area contributed by atoms with E-state index >= 15 is 0 Å². The maximum Gasteiger partial charge on any atom is 0.0159 e. The highest BCUT2D eigenvalue weighted by atomic mass is 14.4. The lowest BCUT2D eigenvalue weighted by Gasteiger charge is -2.23. The third-order valence-electron chi connectivity index (χ3n) is 12.0. The summed E-state index contributed by atoms with van der Waals surface area (Å²) in [5.74, 6) is 0. The maximum absolute atomic E-state index is 2.46. The molecule has 0 nitrogen and oxygen atoms in total. The first-order valence-electron chi connectivity index (χ1n) is 18.7. The Hall–Kier alpha value is -6.50. The first-order valence-corrected chi connectivity index (χ1v) is 18.7. The van der Waals surface area contributed by atoms with E-state index in [1.54, 1.807) is 0 Å². The normalized spacial score (nSPS) is 13.2. The van der Waals surface area contributed by atoms with Gasteiger partial charge in [-0.05, 0) is 128 Å². The third-order valence-corrected chi connectivity index (χ3v) is 12.0. The summed E-state index contributed by atoms with van der Waals surface area (Å²) in [5.41, 5.74) is 13.0. The van der Waals surface area contributed by atoms with Crippen molar-refractivity contribution in [2.45, 2.75) is 19.3 Å². The smallest absolute Gasteiger partial charge is 0.0159 e. The summed E-state index contributed by atoms with van der Waals surface area (Å²) >= 11 is 0. The summed E-state index contributed by atoms with van der Waals surface area (Å²) < 4.78 is 0. The minimum atomic E-state index is -0.110. The van der Waals surface area contributed by atoms with E-state index in [1.165, 1.54) is 109 Å². The number of rotatable bonds is 3. The molecule has 0 heterocycles. The van der Waals surface area contributed by atoms with Crippen molar-refractivity contribution >= 4 is 53.9 Å². The number of hydrogen-bond acceptors (Lipinski definition) is 0.